The lowest BCUT2D eigenvalue weighted by atomic mass is 9.60. The summed E-state index contributed by atoms with van der Waals surface area (Å²) in [4.78, 5) is 0. The summed E-state index contributed by atoms with van der Waals surface area (Å²) >= 11 is 0. The molecule has 3 saturated carbocycles. The molecule has 3 fully saturated rings. The Labute approximate surface area is 200 Å². The van der Waals surface area contributed by atoms with Gasteiger partial charge in [-0.2, -0.15) is 4.39 Å². The molecule has 3 aliphatic carbocycles. The Morgan fingerprint density at radius 3 is 2.27 bits per heavy atom. The largest absolute Gasteiger partial charge is 0.490 e. The minimum atomic E-state index is -0.822. The number of ether oxygens (including phenoxy) is 1. The van der Waals surface area contributed by atoms with Crippen LogP contribution in [0.5, 0.6) is 5.75 Å². The molecular formula is C30H44F2O. The van der Waals surface area contributed by atoms with Crippen LogP contribution in [0.3, 0.4) is 0 Å². The van der Waals surface area contributed by atoms with Crippen molar-refractivity contribution >= 4 is 0 Å². The van der Waals surface area contributed by atoms with Crippen LogP contribution in [0.1, 0.15) is 108 Å². The summed E-state index contributed by atoms with van der Waals surface area (Å²) in [5, 5.41) is 0. The van der Waals surface area contributed by atoms with Crippen LogP contribution in [0.15, 0.2) is 24.8 Å². The lowest BCUT2D eigenvalue weighted by molar-refractivity contribution is 0.0705. The summed E-state index contributed by atoms with van der Waals surface area (Å²) in [5.41, 5.74) is 0.564. The zero-order valence-corrected chi connectivity index (χ0v) is 20.7. The Hall–Kier alpha value is -1.38. The standard InChI is InChI=1S/C30H44F2O/c1-3-5-7-21-8-10-22(11-9-21)23-12-13-25-20-26(15-14-24(25)19-23)27-16-17-28(30(32)29(27)31)33-18-6-4-2/h4,16-17,21-26H,2-3,5-15,18-20H2,1H3. The maximum Gasteiger partial charge on any atom is 0.200 e. The van der Waals surface area contributed by atoms with Gasteiger partial charge in [-0.05, 0) is 105 Å². The molecule has 3 heteroatoms. The summed E-state index contributed by atoms with van der Waals surface area (Å²) in [6.07, 6.45) is 19.5. The minimum Gasteiger partial charge on any atom is -0.490 e. The highest BCUT2D eigenvalue weighted by atomic mass is 19.2. The highest BCUT2D eigenvalue weighted by molar-refractivity contribution is 5.33. The Bertz CT molecular complexity index is 767. The molecule has 3 aliphatic rings. The molecule has 0 amide bonds. The molecule has 4 rings (SSSR count). The minimum absolute atomic E-state index is 0.0247. The van der Waals surface area contributed by atoms with Crippen molar-refractivity contribution in [2.24, 2.45) is 29.6 Å². The second kappa shape index (κ2) is 11.8. The van der Waals surface area contributed by atoms with Crippen molar-refractivity contribution in [3.05, 3.63) is 42.0 Å². The fourth-order valence-corrected chi connectivity index (χ4v) is 7.30. The maximum absolute atomic E-state index is 14.9. The van der Waals surface area contributed by atoms with E-state index in [1.807, 2.05) is 0 Å². The van der Waals surface area contributed by atoms with E-state index in [0.29, 0.717) is 24.5 Å². The van der Waals surface area contributed by atoms with Crippen LogP contribution in [0.2, 0.25) is 0 Å². The Morgan fingerprint density at radius 2 is 1.55 bits per heavy atom. The highest BCUT2D eigenvalue weighted by Gasteiger charge is 2.39. The monoisotopic (exact) mass is 458 g/mol. The first kappa shape index (κ1) is 24.7. The Balaban J connectivity index is 1.30. The smallest absolute Gasteiger partial charge is 0.200 e. The van der Waals surface area contributed by atoms with Crippen LogP contribution in [-0.2, 0) is 0 Å². The van der Waals surface area contributed by atoms with E-state index in [4.69, 9.17) is 4.74 Å². The van der Waals surface area contributed by atoms with Gasteiger partial charge in [-0.1, -0.05) is 51.2 Å². The number of rotatable bonds is 9. The Morgan fingerprint density at radius 1 is 0.879 bits per heavy atom. The number of halogens is 2. The van der Waals surface area contributed by atoms with Crippen molar-refractivity contribution in [3.8, 4) is 5.75 Å². The van der Waals surface area contributed by atoms with Gasteiger partial charge in [-0.3, -0.25) is 0 Å². The highest BCUT2D eigenvalue weighted by Crippen LogP contribution is 2.51. The van der Waals surface area contributed by atoms with Crippen molar-refractivity contribution in [2.75, 3.05) is 6.61 Å². The van der Waals surface area contributed by atoms with Crippen LogP contribution < -0.4 is 4.74 Å². The predicted octanol–water partition coefficient (Wildman–Crippen LogP) is 9.22. The zero-order valence-electron chi connectivity index (χ0n) is 20.7. The molecule has 0 spiro atoms. The lowest BCUT2D eigenvalue weighted by Crippen LogP contribution is -2.34. The normalized spacial score (nSPS) is 32.2. The molecule has 0 heterocycles. The zero-order chi connectivity index (χ0) is 23.2. The Kier molecular flexibility index (Phi) is 8.88. The van der Waals surface area contributed by atoms with Gasteiger partial charge in [0.25, 0.3) is 0 Å². The fourth-order valence-electron chi connectivity index (χ4n) is 7.30. The quantitative estimate of drug-likeness (QED) is 0.265. The maximum atomic E-state index is 14.9. The molecule has 0 N–H and O–H groups in total. The van der Waals surface area contributed by atoms with E-state index < -0.39 is 11.6 Å². The van der Waals surface area contributed by atoms with E-state index in [9.17, 15) is 8.78 Å². The molecule has 33 heavy (non-hydrogen) atoms. The third kappa shape index (κ3) is 6.01. The van der Waals surface area contributed by atoms with Gasteiger partial charge in [0, 0.05) is 0 Å². The molecule has 0 radical (unpaired) electrons. The third-order valence-corrected chi connectivity index (χ3v) is 9.27. The predicted molar refractivity (Wildman–Crippen MR) is 133 cm³/mol. The topological polar surface area (TPSA) is 9.23 Å². The first-order chi connectivity index (χ1) is 16.1. The number of hydrogen-bond donors (Lipinski definition) is 0. The molecule has 1 aromatic carbocycles. The average Bonchev–Trinajstić information content (AvgIpc) is 2.85. The number of benzene rings is 1. The van der Waals surface area contributed by atoms with E-state index in [-0.39, 0.29) is 11.7 Å². The first-order valence-corrected chi connectivity index (χ1v) is 13.8. The van der Waals surface area contributed by atoms with Crippen molar-refractivity contribution in [1.29, 1.82) is 0 Å². The second-order valence-electron chi connectivity index (χ2n) is 11.2. The molecule has 0 aromatic heterocycles. The molecule has 1 nitrogen and oxygen atoms in total. The summed E-state index contributed by atoms with van der Waals surface area (Å²) in [5.74, 6) is 2.99. The van der Waals surface area contributed by atoms with Crippen LogP contribution in [0.4, 0.5) is 8.78 Å². The van der Waals surface area contributed by atoms with E-state index in [1.165, 1.54) is 70.6 Å². The van der Waals surface area contributed by atoms with Crippen molar-refractivity contribution in [2.45, 2.75) is 103 Å². The summed E-state index contributed by atoms with van der Waals surface area (Å²) in [6.45, 7) is 6.27. The average molecular weight is 459 g/mol. The molecule has 1 aromatic rings. The molecule has 4 atom stereocenters. The van der Waals surface area contributed by atoms with E-state index in [0.717, 1.165) is 36.5 Å². The van der Waals surface area contributed by atoms with Crippen LogP contribution in [0.25, 0.3) is 0 Å². The van der Waals surface area contributed by atoms with Gasteiger partial charge in [-0.25, -0.2) is 4.39 Å². The molecular weight excluding hydrogens is 414 g/mol. The van der Waals surface area contributed by atoms with Crippen molar-refractivity contribution < 1.29 is 13.5 Å². The van der Waals surface area contributed by atoms with Gasteiger partial charge in [0.2, 0.25) is 5.82 Å². The van der Waals surface area contributed by atoms with Gasteiger partial charge in [0.1, 0.15) is 0 Å². The summed E-state index contributed by atoms with van der Waals surface area (Å²) in [7, 11) is 0. The SMILES string of the molecule is C=CCCOc1ccc(C2CCC3CC(C4CCC(CCCC)CC4)CCC3C2)c(F)c1F. The lowest BCUT2D eigenvalue weighted by Gasteiger charge is -2.45. The molecule has 0 bridgehead atoms. The van der Waals surface area contributed by atoms with Gasteiger partial charge >= 0.3 is 0 Å². The first-order valence-electron chi connectivity index (χ1n) is 13.8. The van der Waals surface area contributed by atoms with E-state index in [1.54, 1.807) is 18.2 Å². The second-order valence-corrected chi connectivity index (χ2v) is 11.2. The van der Waals surface area contributed by atoms with Gasteiger partial charge < -0.3 is 4.74 Å². The van der Waals surface area contributed by atoms with Crippen LogP contribution in [-0.4, -0.2) is 6.61 Å². The molecule has 0 saturated heterocycles. The summed E-state index contributed by atoms with van der Waals surface area (Å²) in [6, 6.07) is 3.39. The van der Waals surface area contributed by atoms with Crippen LogP contribution in [0, 0.1) is 41.2 Å². The summed E-state index contributed by atoms with van der Waals surface area (Å²) < 4.78 is 34.9. The van der Waals surface area contributed by atoms with Crippen molar-refractivity contribution in [3.63, 3.8) is 0 Å². The van der Waals surface area contributed by atoms with Gasteiger partial charge in [-0.15, -0.1) is 6.58 Å². The van der Waals surface area contributed by atoms with E-state index in [2.05, 4.69) is 13.5 Å². The molecule has 184 valence electrons. The van der Waals surface area contributed by atoms with Gasteiger partial charge in [0.15, 0.2) is 11.6 Å². The number of unbranched alkanes of at least 4 members (excludes halogenated alkanes) is 1. The molecule has 4 unspecified atom stereocenters. The number of fused-ring (bicyclic) bond motifs is 1. The fraction of sp³-hybridized carbons (Fsp3) is 0.733. The third-order valence-electron chi connectivity index (χ3n) is 9.27. The van der Waals surface area contributed by atoms with Crippen molar-refractivity contribution in [1.82, 2.24) is 0 Å². The van der Waals surface area contributed by atoms with Gasteiger partial charge in [0.05, 0.1) is 6.61 Å². The number of hydrogen-bond acceptors (Lipinski definition) is 1. The van der Waals surface area contributed by atoms with E-state index >= 15 is 0 Å². The van der Waals surface area contributed by atoms with Crippen LogP contribution >= 0.6 is 0 Å². The molecule has 0 aliphatic heterocycles.